The fraction of sp³-hybridized carbons (Fsp3) is 0.481. The first kappa shape index (κ1) is 23.7. The van der Waals surface area contributed by atoms with Crippen LogP contribution < -0.4 is 10.3 Å². The molecule has 0 saturated carbocycles. The summed E-state index contributed by atoms with van der Waals surface area (Å²) in [6.07, 6.45) is 6.95. The summed E-state index contributed by atoms with van der Waals surface area (Å²) in [4.78, 5) is 28.8. The Balaban J connectivity index is 1.34. The van der Waals surface area contributed by atoms with Gasteiger partial charge in [-0.1, -0.05) is 6.07 Å². The van der Waals surface area contributed by atoms with E-state index in [0.29, 0.717) is 6.54 Å². The molecular formula is C27H34N2O3S. The Morgan fingerprint density at radius 1 is 1.12 bits per heavy atom. The van der Waals surface area contributed by atoms with E-state index in [-0.39, 0.29) is 11.0 Å². The Bertz CT molecular complexity index is 1130. The van der Waals surface area contributed by atoms with Gasteiger partial charge >= 0.3 is 0 Å². The number of thiophene rings is 1. The minimum absolute atomic E-state index is 0.00830. The molecule has 3 heterocycles. The molecule has 0 aliphatic carbocycles. The number of piperidine rings is 1. The standard InChI is InChI=1S/C27H34N2O3S/c1-21-18-26(31)29(25-19-22(32-2)8-9-24(21)25)14-5-10-27(20-30)11-15-28(16-12-27)13-3-6-23-7-4-17-33-23/h4,7-9,17-20H,3,5-6,10-16H2,1-2H3. The van der Waals surface area contributed by atoms with Gasteiger partial charge in [0.15, 0.2) is 0 Å². The van der Waals surface area contributed by atoms with Gasteiger partial charge in [-0.25, -0.2) is 0 Å². The molecule has 2 aromatic heterocycles. The van der Waals surface area contributed by atoms with Crippen LogP contribution in [0, 0.1) is 12.3 Å². The number of rotatable bonds is 10. The lowest BCUT2D eigenvalue weighted by atomic mass is 9.76. The minimum atomic E-state index is -0.258. The lowest BCUT2D eigenvalue weighted by molar-refractivity contribution is -0.119. The number of ether oxygens (including phenoxy) is 1. The summed E-state index contributed by atoms with van der Waals surface area (Å²) in [5.41, 5.74) is 1.63. The highest BCUT2D eigenvalue weighted by Crippen LogP contribution is 2.34. The average Bonchev–Trinajstić information content (AvgIpc) is 3.35. The highest BCUT2D eigenvalue weighted by atomic mass is 32.1. The Morgan fingerprint density at radius 2 is 1.94 bits per heavy atom. The maximum Gasteiger partial charge on any atom is 0.251 e. The van der Waals surface area contributed by atoms with E-state index in [1.54, 1.807) is 13.2 Å². The van der Waals surface area contributed by atoms with Crippen molar-refractivity contribution in [2.24, 2.45) is 5.41 Å². The molecule has 33 heavy (non-hydrogen) atoms. The highest BCUT2D eigenvalue weighted by molar-refractivity contribution is 7.09. The van der Waals surface area contributed by atoms with Gasteiger partial charge < -0.3 is 19.0 Å². The van der Waals surface area contributed by atoms with Crippen LogP contribution in [0.4, 0.5) is 0 Å². The molecule has 1 aliphatic heterocycles. The van der Waals surface area contributed by atoms with Gasteiger partial charge in [0.2, 0.25) is 0 Å². The summed E-state index contributed by atoms with van der Waals surface area (Å²) in [5, 5.41) is 3.20. The Morgan fingerprint density at radius 3 is 2.64 bits per heavy atom. The van der Waals surface area contributed by atoms with Crippen molar-refractivity contribution in [3.05, 3.63) is 62.6 Å². The molecule has 0 amide bonds. The molecule has 0 atom stereocenters. The van der Waals surface area contributed by atoms with Crippen LogP contribution in [0.2, 0.25) is 0 Å². The number of carbonyl (C=O) groups excluding carboxylic acids is 1. The van der Waals surface area contributed by atoms with Gasteiger partial charge in [0.1, 0.15) is 12.0 Å². The number of aldehydes is 1. The van der Waals surface area contributed by atoms with Gasteiger partial charge in [0.05, 0.1) is 12.6 Å². The van der Waals surface area contributed by atoms with Crippen LogP contribution in [0.1, 0.15) is 42.5 Å². The predicted octanol–water partition coefficient (Wildman–Crippen LogP) is 5.07. The third-order valence-electron chi connectivity index (χ3n) is 7.16. The number of hydrogen-bond acceptors (Lipinski definition) is 5. The molecule has 5 nitrogen and oxygen atoms in total. The lowest BCUT2D eigenvalue weighted by Crippen LogP contribution is -2.41. The zero-order valence-electron chi connectivity index (χ0n) is 19.7. The maximum absolute atomic E-state index is 12.8. The highest BCUT2D eigenvalue weighted by Gasteiger charge is 2.33. The number of likely N-dealkylation sites (tertiary alicyclic amines) is 1. The molecular weight excluding hydrogens is 432 g/mol. The third-order valence-corrected chi connectivity index (χ3v) is 8.10. The van der Waals surface area contributed by atoms with E-state index in [9.17, 15) is 9.59 Å². The largest absolute Gasteiger partial charge is 0.497 e. The molecule has 1 aromatic carbocycles. The molecule has 0 N–H and O–H groups in total. The number of fused-ring (bicyclic) bond motifs is 1. The number of aryl methyl sites for hydroxylation is 3. The van der Waals surface area contributed by atoms with E-state index >= 15 is 0 Å². The van der Waals surface area contributed by atoms with Crippen molar-refractivity contribution in [1.82, 2.24) is 9.47 Å². The molecule has 0 unspecified atom stereocenters. The van der Waals surface area contributed by atoms with E-state index in [1.807, 2.05) is 41.0 Å². The molecule has 4 rings (SSSR count). The molecule has 0 spiro atoms. The van der Waals surface area contributed by atoms with Crippen molar-refractivity contribution >= 4 is 28.5 Å². The maximum atomic E-state index is 12.8. The summed E-state index contributed by atoms with van der Waals surface area (Å²) in [7, 11) is 1.64. The van der Waals surface area contributed by atoms with Crippen LogP contribution in [0.5, 0.6) is 5.75 Å². The molecule has 6 heteroatoms. The minimum Gasteiger partial charge on any atom is -0.497 e. The van der Waals surface area contributed by atoms with Crippen molar-refractivity contribution in [2.45, 2.75) is 52.0 Å². The van der Waals surface area contributed by atoms with Crippen LogP contribution in [0.3, 0.4) is 0 Å². The second-order valence-electron chi connectivity index (χ2n) is 9.31. The molecule has 1 saturated heterocycles. The van der Waals surface area contributed by atoms with Crippen molar-refractivity contribution in [1.29, 1.82) is 0 Å². The molecule has 1 fully saturated rings. The van der Waals surface area contributed by atoms with Gasteiger partial charge in [0, 0.05) is 34.4 Å². The molecule has 0 bridgehead atoms. The van der Waals surface area contributed by atoms with Gasteiger partial charge in [0.25, 0.3) is 5.56 Å². The predicted molar refractivity (Wildman–Crippen MR) is 136 cm³/mol. The fourth-order valence-corrected chi connectivity index (χ4v) is 5.81. The smallest absolute Gasteiger partial charge is 0.251 e. The fourth-order valence-electron chi connectivity index (χ4n) is 5.06. The number of methoxy groups -OCH3 is 1. The topological polar surface area (TPSA) is 51.5 Å². The number of nitrogens with zero attached hydrogens (tertiary/aromatic N) is 2. The molecule has 3 aromatic rings. The number of carbonyl (C=O) groups is 1. The molecule has 1 aliphatic rings. The van der Waals surface area contributed by atoms with E-state index in [2.05, 4.69) is 22.4 Å². The number of pyridine rings is 1. The van der Waals surface area contributed by atoms with Crippen LogP contribution in [-0.4, -0.2) is 42.5 Å². The number of hydrogen-bond donors (Lipinski definition) is 0. The quantitative estimate of drug-likeness (QED) is 0.391. The van der Waals surface area contributed by atoms with Crippen LogP contribution in [-0.2, 0) is 17.8 Å². The molecule has 0 radical (unpaired) electrons. The first-order valence-corrected chi connectivity index (χ1v) is 12.8. The van der Waals surface area contributed by atoms with Crippen molar-refractivity contribution in [2.75, 3.05) is 26.7 Å². The Hall–Kier alpha value is -2.44. The second-order valence-corrected chi connectivity index (χ2v) is 10.3. The van der Waals surface area contributed by atoms with Gasteiger partial charge in [-0.3, -0.25) is 4.79 Å². The van der Waals surface area contributed by atoms with Crippen LogP contribution >= 0.6 is 11.3 Å². The third kappa shape index (κ3) is 5.56. The zero-order valence-corrected chi connectivity index (χ0v) is 20.5. The normalized spacial score (nSPS) is 16.2. The molecule has 176 valence electrons. The van der Waals surface area contributed by atoms with E-state index in [1.165, 1.54) is 17.6 Å². The Kier molecular flexibility index (Phi) is 7.66. The lowest BCUT2D eigenvalue weighted by Gasteiger charge is -2.38. The SMILES string of the molecule is COc1ccc2c(C)cc(=O)n(CCCC3(C=O)CCN(CCCc4cccs4)CC3)c2c1. The Labute approximate surface area is 200 Å². The zero-order chi connectivity index (χ0) is 23.3. The second kappa shape index (κ2) is 10.7. The number of aromatic nitrogens is 1. The summed E-state index contributed by atoms with van der Waals surface area (Å²) in [6, 6.07) is 11.9. The van der Waals surface area contributed by atoms with Gasteiger partial charge in [-0.05, 0) is 94.2 Å². The van der Waals surface area contributed by atoms with Crippen LogP contribution in [0.25, 0.3) is 10.9 Å². The summed E-state index contributed by atoms with van der Waals surface area (Å²) in [6.45, 7) is 5.64. The first-order valence-electron chi connectivity index (χ1n) is 11.9. The van der Waals surface area contributed by atoms with Crippen LogP contribution in [0.15, 0.2) is 46.6 Å². The monoisotopic (exact) mass is 466 g/mol. The van der Waals surface area contributed by atoms with Gasteiger partial charge in [-0.15, -0.1) is 11.3 Å². The van der Waals surface area contributed by atoms with E-state index in [4.69, 9.17) is 4.74 Å². The van der Waals surface area contributed by atoms with E-state index in [0.717, 1.165) is 74.0 Å². The van der Waals surface area contributed by atoms with Crippen molar-refractivity contribution in [3.8, 4) is 5.75 Å². The van der Waals surface area contributed by atoms with E-state index < -0.39 is 0 Å². The average molecular weight is 467 g/mol. The van der Waals surface area contributed by atoms with Crippen molar-refractivity contribution < 1.29 is 9.53 Å². The summed E-state index contributed by atoms with van der Waals surface area (Å²) in [5.74, 6) is 0.747. The van der Waals surface area contributed by atoms with Gasteiger partial charge in [-0.2, -0.15) is 0 Å². The van der Waals surface area contributed by atoms with Crippen molar-refractivity contribution in [3.63, 3.8) is 0 Å². The summed E-state index contributed by atoms with van der Waals surface area (Å²) < 4.78 is 7.22. The summed E-state index contributed by atoms with van der Waals surface area (Å²) >= 11 is 1.83. The number of benzene rings is 1. The first-order chi connectivity index (χ1) is 16.0.